The van der Waals surface area contributed by atoms with Crippen LogP contribution < -0.4 is 59.5 Å². The molecule has 5 aromatic rings. The Labute approximate surface area is 574 Å². The number of methoxy groups -OCH3 is 1. The number of ether oxygens (including phenoxy) is 3. The predicted octanol–water partition coefficient (Wildman–Crippen LogP) is -4.12. The number of nitrogens with two attached hydrogens (primary N) is 3. The SMILES string of the molecule is COc1cccc2c1C(=O)c1c(O)c3c(c(O)c1C2=O)C[C@@](O)(/C(CO)=N\NC(=O)CCN1C(=O)CC(SC[C@H](NC(=O)[C@H](CC(=O)O)NC(=O)[C@@H](N)CNC(=O)CC[C@H](C)NC(=O)c2ccc(NCc4cnc5nc(N)[nH]c(=O)c5n4)cc2)C(=O)O)C1=O)C[C@@H]3O[C@H]1CC(N)[C@H](O)C(O)O1. The van der Waals surface area contributed by atoms with Gasteiger partial charge in [0.2, 0.25) is 47.2 Å². The molecule has 0 bridgehead atoms. The summed E-state index contributed by atoms with van der Waals surface area (Å²) in [5.74, 6) is -13.8. The Morgan fingerprint density at radius 1 is 0.911 bits per heavy atom. The number of nitrogen functional groups attached to an aromatic ring is 1. The zero-order valence-electron chi connectivity index (χ0n) is 53.7. The molecule has 2 aliphatic carbocycles. The Balaban J connectivity index is 0.738. The predicted molar refractivity (Wildman–Crippen MR) is 348 cm³/mol. The number of amides is 7. The number of aromatic amines is 1. The Morgan fingerprint density at radius 3 is 2.31 bits per heavy atom. The van der Waals surface area contributed by atoms with Crippen molar-refractivity contribution in [3.8, 4) is 17.2 Å². The molecule has 101 heavy (non-hydrogen) atoms. The number of nitrogens with zero attached hydrogens (tertiary/aromatic N) is 5. The van der Waals surface area contributed by atoms with E-state index in [9.17, 15) is 98.4 Å². The van der Waals surface area contributed by atoms with Gasteiger partial charge < -0.3 is 98.8 Å². The van der Waals surface area contributed by atoms with Gasteiger partial charge >= 0.3 is 11.9 Å². The number of carbonyl (C=O) groups is 11. The molecule has 4 heterocycles. The highest BCUT2D eigenvalue weighted by Gasteiger charge is 2.50. The van der Waals surface area contributed by atoms with Crippen LogP contribution in [0.3, 0.4) is 0 Å². The number of thioether (sulfide) groups is 1. The van der Waals surface area contributed by atoms with Gasteiger partial charge in [-0.05, 0) is 43.7 Å². The number of aromatic hydroxyl groups is 2. The van der Waals surface area contributed by atoms with E-state index in [1.165, 1.54) is 31.5 Å². The van der Waals surface area contributed by atoms with Crippen LogP contribution in [0.5, 0.6) is 17.2 Å². The minimum Gasteiger partial charge on any atom is -0.507 e. The quantitative estimate of drug-likeness (QED) is 0.00918. The van der Waals surface area contributed by atoms with E-state index in [4.69, 9.17) is 31.4 Å². The molecule has 2 saturated heterocycles. The lowest BCUT2D eigenvalue weighted by Crippen LogP contribution is -2.57. The topological polar surface area (TPSA) is 615 Å². The number of H-pyrrole nitrogens is 1. The van der Waals surface area contributed by atoms with Crippen molar-refractivity contribution >= 4 is 105 Å². The highest BCUT2D eigenvalue weighted by molar-refractivity contribution is 8.00. The van der Waals surface area contributed by atoms with Gasteiger partial charge in [-0.3, -0.25) is 62.6 Å². The van der Waals surface area contributed by atoms with Gasteiger partial charge in [0.25, 0.3) is 11.5 Å². The molecule has 38 nitrogen and oxygen atoms in total. The fourth-order valence-corrected chi connectivity index (χ4v) is 12.7. The highest BCUT2D eigenvalue weighted by Crippen LogP contribution is 2.53. The summed E-state index contributed by atoms with van der Waals surface area (Å²) in [5.41, 5.74) is 15.0. The smallest absolute Gasteiger partial charge is 0.327 e. The number of aliphatic hydroxyl groups is 4. The number of aromatic nitrogens is 4. The van der Waals surface area contributed by atoms with Gasteiger partial charge in [0.05, 0.1) is 72.3 Å². The first-order chi connectivity index (χ1) is 47.9. The van der Waals surface area contributed by atoms with Crippen LogP contribution in [0, 0.1) is 0 Å². The number of carboxylic acid groups (broad SMARTS) is 2. The number of benzene rings is 3. The first-order valence-electron chi connectivity index (χ1n) is 31.1. The van der Waals surface area contributed by atoms with E-state index in [1.807, 2.05) is 0 Å². The van der Waals surface area contributed by atoms with Gasteiger partial charge in [-0.2, -0.15) is 10.1 Å². The van der Waals surface area contributed by atoms with E-state index >= 15 is 0 Å². The third-order valence-electron chi connectivity index (χ3n) is 16.9. The fraction of sp³-hybridized carbons (Fsp3) is 0.419. The lowest BCUT2D eigenvalue weighted by Gasteiger charge is -2.42. The zero-order chi connectivity index (χ0) is 73.5. The molecule has 3 aromatic carbocycles. The van der Waals surface area contributed by atoms with Crippen LogP contribution >= 0.6 is 11.8 Å². The second kappa shape index (κ2) is 31.7. The number of carbonyl (C=O) groups excluding carboxylic acids is 9. The van der Waals surface area contributed by atoms with Crippen molar-refractivity contribution in [3.63, 3.8) is 0 Å². The summed E-state index contributed by atoms with van der Waals surface area (Å²) in [6.07, 6.45) is -9.21. The molecule has 7 amide bonds. The number of likely N-dealkylation sites (tertiary alicyclic amines) is 1. The lowest BCUT2D eigenvalue weighted by molar-refractivity contribution is -0.300. The van der Waals surface area contributed by atoms with Crippen molar-refractivity contribution in [1.29, 1.82) is 0 Å². The molecule has 39 heteroatoms. The average molecular weight is 1430 g/mol. The third kappa shape index (κ3) is 17.0. The van der Waals surface area contributed by atoms with Gasteiger partial charge in [-0.25, -0.2) is 20.2 Å². The number of hydrogen-bond donors (Lipinski definition) is 18. The van der Waals surface area contributed by atoms with Crippen LogP contribution in [-0.2, 0) is 60.8 Å². The van der Waals surface area contributed by atoms with E-state index in [-0.39, 0.29) is 70.9 Å². The number of aliphatic carboxylic acids is 2. The van der Waals surface area contributed by atoms with Crippen molar-refractivity contribution < 1.29 is 108 Å². The number of anilines is 2. The maximum atomic E-state index is 14.1. The number of rotatable bonds is 29. The van der Waals surface area contributed by atoms with E-state index < -0.39 is 222 Å². The number of phenols is 2. The molecule has 3 unspecified atom stereocenters. The molecule has 0 radical (unpaired) electrons. The summed E-state index contributed by atoms with van der Waals surface area (Å²) in [6.45, 7) is -0.384. The third-order valence-corrected chi connectivity index (χ3v) is 18.2. The molecular weight excluding hydrogens is 1350 g/mol. The second-order valence-corrected chi connectivity index (χ2v) is 25.2. The summed E-state index contributed by atoms with van der Waals surface area (Å²) in [6, 6.07) is 3.49. The molecule has 11 atom stereocenters. The summed E-state index contributed by atoms with van der Waals surface area (Å²) in [4.78, 5) is 172. The first-order valence-corrected chi connectivity index (χ1v) is 32.1. The molecular formula is C62H71N15O23S. The summed E-state index contributed by atoms with van der Waals surface area (Å²) >= 11 is 0.614. The Kier molecular flexibility index (Phi) is 23.4. The van der Waals surface area contributed by atoms with Crippen molar-refractivity contribution in [2.24, 2.45) is 16.6 Å². The standard InChI is InChI=1S/C62H71N15O23S/c1-24(69-54(89)25-7-9-26(10-8-25)66-19-27-20-68-53-47(70-27)57(92)74-61(65)73-53)6-11-38(79)67-21-31(64)55(90)71-32(15-41(82)83)56(91)72-33(59(94)95)23-101-36-16-40(81)77(58(36)93)13-12-39(80)76-75-37(22-78)62(97)17-29-44(35(18-62)99-42-14-30(63)50(86)60(96)100-42)52(88)46-45(49(29)85)48(84)28-4-3-5-34(98-2)43(28)51(46)87/h3-5,7-10,20,24,30-33,35-36,42,50,60,66,78,85-86,88,96-97H,6,11-19,21-23,63-64H2,1-2H3,(H,67,79)(H,69,89)(H,71,90)(H,72,91)(H,76,80)(H,82,83)(H,94,95)(H3,65,68,73,74,92)/b75-37-/t24-,30?,31-,32-,33-,35-,36?,42+,50-,60?,62-/m0/s1. The number of nitrogens with one attached hydrogen (secondary N) is 7. The number of hydrogen-bond acceptors (Lipinski definition) is 30. The van der Waals surface area contributed by atoms with Gasteiger partial charge in [0.1, 0.15) is 47.1 Å². The number of hydrazone groups is 1. The van der Waals surface area contributed by atoms with E-state index in [0.717, 1.165) is 0 Å². The number of fused-ring (bicyclic) bond motifs is 4. The van der Waals surface area contributed by atoms with Crippen LogP contribution in [0.15, 0.2) is 58.6 Å². The molecule has 4 aliphatic rings. The van der Waals surface area contributed by atoms with Crippen LogP contribution in [0.2, 0.25) is 0 Å². The van der Waals surface area contributed by atoms with E-state index in [1.54, 1.807) is 31.2 Å². The largest absolute Gasteiger partial charge is 0.507 e. The fourth-order valence-electron chi connectivity index (χ4n) is 11.5. The molecule has 2 aliphatic heterocycles. The monoisotopic (exact) mass is 1430 g/mol. The first kappa shape index (κ1) is 74.6. The van der Waals surface area contributed by atoms with Gasteiger partial charge in [-0.15, -0.1) is 11.8 Å². The van der Waals surface area contributed by atoms with E-state index in [2.05, 4.69) is 57.0 Å². The van der Waals surface area contributed by atoms with E-state index in [0.29, 0.717) is 33.6 Å². The Morgan fingerprint density at radius 2 is 1.62 bits per heavy atom. The minimum atomic E-state index is -2.46. The van der Waals surface area contributed by atoms with Crippen molar-refractivity contribution in [2.75, 3.05) is 43.6 Å². The molecule has 9 rings (SSSR count). The number of ketones is 2. The van der Waals surface area contributed by atoms with Crippen LogP contribution in [0.1, 0.15) is 117 Å². The molecule has 2 fully saturated rings. The maximum absolute atomic E-state index is 14.1. The molecule has 538 valence electrons. The lowest BCUT2D eigenvalue weighted by atomic mass is 9.71. The van der Waals surface area contributed by atoms with Crippen LogP contribution in [-0.4, -0.2) is 229 Å². The van der Waals surface area contributed by atoms with Crippen molar-refractivity contribution in [2.45, 2.75) is 131 Å². The second-order valence-electron chi connectivity index (χ2n) is 24.0. The zero-order valence-corrected chi connectivity index (χ0v) is 54.5. The van der Waals surface area contributed by atoms with Crippen molar-refractivity contribution in [3.05, 3.63) is 104 Å². The van der Waals surface area contributed by atoms with Gasteiger partial charge in [-0.1, -0.05) is 12.1 Å². The maximum Gasteiger partial charge on any atom is 0.327 e. The average Bonchev–Trinajstić information content (AvgIpc) is 0.950. The Bertz CT molecular complexity index is 4220. The number of phenolic OH excluding ortho intramolecular Hbond substituents is 2. The van der Waals surface area contributed by atoms with Gasteiger partial charge in [0.15, 0.2) is 29.5 Å². The molecule has 0 spiro atoms. The normalized spacial score (nSPS) is 21.4. The number of aliphatic hydroxyl groups excluding tert-OH is 3. The minimum absolute atomic E-state index is 0.0127. The summed E-state index contributed by atoms with van der Waals surface area (Å²) in [7, 11) is 1.24. The molecule has 2 aromatic heterocycles. The highest BCUT2D eigenvalue weighted by atomic mass is 32.2. The van der Waals surface area contributed by atoms with Crippen molar-refractivity contribution in [1.82, 2.24) is 51.5 Å². The van der Waals surface area contributed by atoms with Gasteiger partial charge in [0, 0.05) is 97.4 Å². The van der Waals surface area contributed by atoms with Crippen LogP contribution in [0.4, 0.5) is 11.6 Å². The summed E-state index contributed by atoms with van der Waals surface area (Å²) < 4.78 is 16.8. The molecule has 0 saturated carbocycles. The molecule has 21 N–H and O–H groups in total. The number of imide groups is 1. The summed E-state index contributed by atoms with van der Waals surface area (Å²) in [5, 5.41) is 102. The Hall–Kier alpha value is -10.6. The van der Waals surface area contributed by atoms with Crippen LogP contribution in [0.25, 0.3) is 11.2 Å². The number of carboxylic acids is 2.